The fraction of sp³-hybridized carbons (Fsp3) is 0.417. The van der Waals surface area contributed by atoms with Crippen LogP contribution in [0.25, 0.3) is 0 Å². The van der Waals surface area contributed by atoms with Gasteiger partial charge in [0.2, 0.25) is 0 Å². The number of nitrogens with zero attached hydrogens (tertiary/aromatic N) is 2. The molecule has 0 unspecified atom stereocenters. The van der Waals surface area contributed by atoms with Crippen molar-refractivity contribution < 1.29 is 12.8 Å². The van der Waals surface area contributed by atoms with Gasteiger partial charge in [-0.3, -0.25) is 4.90 Å². The molecule has 2 aromatic rings. The highest BCUT2D eigenvalue weighted by atomic mass is 32.2. The van der Waals surface area contributed by atoms with Crippen LogP contribution in [0.4, 0.5) is 0 Å². The predicted molar refractivity (Wildman–Crippen MR) is 74.5 cm³/mol. The van der Waals surface area contributed by atoms with Gasteiger partial charge < -0.3 is 4.42 Å². The lowest BCUT2D eigenvalue weighted by Crippen LogP contribution is -2.17. The Kier molecular flexibility index (Phi) is 4.38. The van der Waals surface area contributed by atoms with Crippen LogP contribution in [0.2, 0.25) is 0 Å². The Bertz CT molecular complexity index is 617. The second-order valence-electron chi connectivity index (χ2n) is 4.55. The molecule has 0 aliphatic rings. The molecule has 0 spiro atoms. The second kappa shape index (κ2) is 5.85. The number of sulfone groups is 1. The Morgan fingerprint density at radius 2 is 2.21 bits per heavy atom. The van der Waals surface area contributed by atoms with E-state index in [1.54, 1.807) is 6.26 Å². The van der Waals surface area contributed by atoms with Crippen LogP contribution in [0.1, 0.15) is 16.5 Å². The number of thiazole rings is 1. The Morgan fingerprint density at radius 1 is 1.42 bits per heavy atom. The van der Waals surface area contributed by atoms with E-state index in [0.717, 1.165) is 11.5 Å². The van der Waals surface area contributed by atoms with Crippen molar-refractivity contribution in [2.75, 3.05) is 13.3 Å². The van der Waals surface area contributed by atoms with E-state index < -0.39 is 9.84 Å². The molecule has 2 rings (SSSR count). The average molecular weight is 300 g/mol. The standard InChI is InChI=1S/C12H16N2O3S2/c1-14(7-11-4-3-5-17-11)6-10-8-18-12(13-10)9-19(2,15)16/h3-5,8H,6-7,9H2,1-2H3. The third kappa shape index (κ3) is 4.77. The Labute approximate surface area is 116 Å². The summed E-state index contributed by atoms with van der Waals surface area (Å²) in [4.78, 5) is 6.40. The molecule has 0 bridgehead atoms. The molecule has 0 aliphatic carbocycles. The molecular weight excluding hydrogens is 284 g/mol. The van der Waals surface area contributed by atoms with Gasteiger partial charge in [-0.25, -0.2) is 13.4 Å². The highest BCUT2D eigenvalue weighted by molar-refractivity contribution is 7.90. The van der Waals surface area contributed by atoms with Crippen molar-refractivity contribution in [1.29, 1.82) is 0 Å². The lowest BCUT2D eigenvalue weighted by molar-refractivity contribution is 0.285. The molecular formula is C12H16N2O3S2. The molecule has 0 radical (unpaired) electrons. The quantitative estimate of drug-likeness (QED) is 0.815. The molecule has 5 nitrogen and oxygen atoms in total. The first-order chi connectivity index (χ1) is 8.92. The molecule has 0 amide bonds. The maximum atomic E-state index is 11.2. The number of hydrogen-bond acceptors (Lipinski definition) is 6. The van der Waals surface area contributed by atoms with Gasteiger partial charge >= 0.3 is 0 Å². The van der Waals surface area contributed by atoms with Crippen LogP contribution in [0.3, 0.4) is 0 Å². The Morgan fingerprint density at radius 3 is 2.84 bits per heavy atom. The molecule has 7 heteroatoms. The van der Waals surface area contributed by atoms with E-state index >= 15 is 0 Å². The van der Waals surface area contributed by atoms with Crippen molar-refractivity contribution in [1.82, 2.24) is 9.88 Å². The van der Waals surface area contributed by atoms with E-state index in [-0.39, 0.29) is 5.75 Å². The zero-order chi connectivity index (χ0) is 13.9. The first-order valence-electron chi connectivity index (χ1n) is 5.74. The van der Waals surface area contributed by atoms with Gasteiger partial charge in [-0.2, -0.15) is 0 Å². The largest absolute Gasteiger partial charge is 0.468 e. The summed E-state index contributed by atoms with van der Waals surface area (Å²) in [5.41, 5.74) is 0.887. The molecule has 2 heterocycles. The summed E-state index contributed by atoms with van der Waals surface area (Å²) in [5, 5.41) is 2.54. The normalized spacial score (nSPS) is 12.2. The number of hydrogen-bond donors (Lipinski definition) is 0. The van der Waals surface area contributed by atoms with Crippen molar-refractivity contribution >= 4 is 21.2 Å². The molecule has 0 atom stereocenters. The van der Waals surface area contributed by atoms with E-state index in [1.807, 2.05) is 24.6 Å². The number of rotatable bonds is 6. The van der Waals surface area contributed by atoms with Crippen molar-refractivity contribution in [2.24, 2.45) is 0 Å². The summed E-state index contributed by atoms with van der Waals surface area (Å²) in [6.07, 6.45) is 2.87. The summed E-state index contributed by atoms with van der Waals surface area (Å²) in [5.74, 6) is 0.911. The maximum Gasteiger partial charge on any atom is 0.153 e. The monoisotopic (exact) mass is 300 g/mol. The van der Waals surface area contributed by atoms with E-state index in [9.17, 15) is 8.42 Å². The van der Waals surface area contributed by atoms with Crippen molar-refractivity contribution in [2.45, 2.75) is 18.8 Å². The molecule has 0 aliphatic heterocycles. The number of furan rings is 1. The van der Waals surface area contributed by atoms with Crippen molar-refractivity contribution in [3.05, 3.63) is 40.2 Å². The summed E-state index contributed by atoms with van der Waals surface area (Å²) in [6.45, 7) is 1.37. The van der Waals surface area contributed by atoms with Crippen molar-refractivity contribution in [3.63, 3.8) is 0 Å². The van der Waals surface area contributed by atoms with Crippen LogP contribution in [0, 0.1) is 0 Å². The predicted octanol–water partition coefficient (Wildman–Crippen LogP) is 1.91. The highest BCUT2D eigenvalue weighted by Crippen LogP contribution is 2.15. The van der Waals surface area contributed by atoms with Gasteiger partial charge in [0.05, 0.1) is 18.5 Å². The smallest absolute Gasteiger partial charge is 0.153 e. The van der Waals surface area contributed by atoms with E-state index in [4.69, 9.17) is 4.42 Å². The Balaban J connectivity index is 1.92. The Hall–Kier alpha value is -1.18. The fourth-order valence-corrected chi connectivity index (χ4v) is 3.71. The molecule has 0 aromatic carbocycles. The fourth-order valence-electron chi connectivity index (χ4n) is 1.71. The zero-order valence-electron chi connectivity index (χ0n) is 10.9. The molecule has 0 saturated carbocycles. The van der Waals surface area contributed by atoms with Crippen LogP contribution in [-0.4, -0.2) is 31.6 Å². The third-order valence-corrected chi connectivity index (χ3v) is 4.30. The van der Waals surface area contributed by atoms with Crippen molar-refractivity contribution in [3.8, 4) is 0 Å². The van der Waals surface area contributed by atoms with Crippen LogP contribution < -0.4 is 0 Å². The first-order valence-corrected chi connectivity index (χ1v) is 8.68. The highest BCUT2D eigenvalue weighted by Gasteiger charge is 2.11. The molecule has 19 heavy (non-hydrogen) atoms. The SMILES string of the molecule is CN(Cc1csc(CS(C)(=O)=O)n1)Cc1ccco1. The molecule has 2 aromatic heterocycles. The van der Waals surface area contributed by atoms with Crippen LogP contribution in [0.15, 0.2) is 28.2 Å². The molecule has 0 saturated heterocycles. The average Bonchev–Trinajstić information content (AvgIpc) is 2.88. The topological polar surface area (TPSA) is 63.4 Å². The molecule has 104 valence electrons. The summed E-state index contributed by atoms with van der Waals surface area (Å²) in [6, 6.07) is 3.78. The van der Waals surface area contributed by atoms with Crippen LogP contribution >= 0.6 is 11.3 Å². The van der Waals surface area contributed by atoms with Gasteiger partial charge in [-0.15, -0.1) is 11.3 Å². The summed E-state index contributed by atoms with van der Waals surface area (Å²) in [7, 11) is -1.04. The van der Waals surface area contributed by atoms with Gasteiger partial charge in [0.1, 0.15) is 16.5 Å². The maximum absolute atomic E-state index is 11.2. The van der Waals surface area contributed by atoms with Crippen LogP contribution in [-0.2, 0) is 28.7 Å². The minimum atomic E-state index is -3.01. The van der Waals surface area contributed by atoms with Gasteiger partial charge in [-0.1, -0.05) is 0 Å². The molecule has 0 N–H and O–H groups in total. The van der Waals surface area contributed by atoms with E-state index in [2.05, 4.69) is 9.88 Å². The minimum Gasteiger partial charge on any atom is -0.468 e. The molecule has 0 fully saturated rings. The second-order valence-corrected chi connectivity index (χ2v) is 7.64. The van der Waals surface area contributed by atoms with E-state index in [0.29, 0.717) is 18.1 Å². The summed E-state index contributed by atoms with van der Waals surface area (Å²) >= 11 is 1.39. The van der Waals surface area contributed by atoms with E-state index in [1.165, 1.54) is 17.6 Å². The van der Waals surface area contributed by atoms with Gasteiger partial charge in [-0.05, 0) is 19.2 Å². The first kappa shape index (κ1) is 14.2. The van der Waals surface area contributed by atoms with Gasteiger partial charge in [0, 0.05) is 18.2 Å². The van der Waals surface area contributed by atoms with Gasteiger partial charge in [0.25, 0.3) is 0 Å². The van der Waals surface area contributed by atoms with Crippen LogP contribution in [0.5, 0.6) is 0 Å². The summed E-state index contributed by atoms with van der Waals surface area (Å²) < 4.78 is 27.6. The zero-order valence-corrected chi connectivity index (χ0v) is 12.5. The lowest BCUT2D eigenvalue weighted by atomic mass is 10.4. The third-order valence-electron chi connectivity index (χ3n) is 2.42. The van der Waals surface area contributed by atoms with Gasteiger partial charge in [0.15, 0.2) is 9.84 Å². The lowest BCUT2D eigenvalue weighted by Gasteiger charge is -2.12. The number of aromatic nitrogens is 1. The minimum absolute atomic E-state index is 0.0135.